The van der Waals surface area contributed by atoms with Crippen molar-refractivity contribution in [1.29, 1.82) is 4.78 Å². The highest BCUT2D eigenvalue weighted by atomic mass is 35.5. The number of fused-ring (bicyclic) bond motifs is 1. The minimum Gasteiger partial charge on any atom is -0.382 e. The summed E-state index contributed by atoms with van der Waals surface area (Å²) in [4.78, 5) is 35.6. The number of rotatable bonds is 5. The number of amides is 1. The number of hydrogen-bond acceptors (Lipinski definition) is 7. The number of nitrogens with one attached hydrogen (secondary N) is 1. The first-order valence-corrected chi connectivity index (χ1v) is 11.3. The highest BCUT2D eigenvalue weighted by Gasteiger charge is 2.26. The number of nitrogens with zero attached hydrogens (tertiary/aromatic N) is 5. The summed E-state index contributed by atoms with van der Waals surface area (Å²) < 4.78 is 22.7. The molecule has 12 heteroatoms. The molecule has 0 bridgehead atoms. The van der Waals surface area contributed by atoms with Crippen molar-refractivity contribution in [3.05, 3.63) is 45.3 Å². The third-order valence-corrected chi connectivity index (χ3v) is 6.56. The molecule has 10 nitrogen and oxygen atoms in total. The lowest BCUT2D eigenvalue weighted by molar-refractivity contribution is 0.212. The summed E-state index contributed by atoms with van der Waals surface area (Å²) in [6, 6.07) is 6.25. The molecule has 1 amide bonds. The van der Waals surface area contributed by atoms with E-state index in [4.69, 9.17) is 22.1 Å². The monoisotopic (exact) mass is 451 g/mol. The second-order valence-corrected chi connectivity index (χ2v) is 9.38. The van der Waals surface area contributed by atoms with Gasteiger partial charge in [0.15, 0.2) is 11.5 Å². The van der Waals surface area contributed by atoms with E-state index in [1.807, 2.05) is 0 Å². The third-order valence-electron chi connectivity index (χ3n) is 4.72. The van der Waals surface area contributed by atoms with Gasteiger partial charge in [-0.05, 0) is 24.6 Å². The van der Waals surface area contributed by atoms with Gasteiger partial charge in [0.05, 0.1) is 6.54 Å². The molecule has 0 aliphatic carbocycles. The Morgan fingerprint density at radius 3 is 2.47 bits per heavy atom. The summed E-state index contributed by atoms with van der Waals surface area (Å²) in [6.45, 7) is 3.78. The molecule has 2 heterocycles. The standard InChI is InChI=1S/C18H22ClN7O3S/c1-4-24(3)17(27)26-13-14(20)22-16(30(21,29)5-2)23-15(13)25(18(26)28)10-11-6-8-12(19)9-7-11/h6-9,21H,4-5,10H2,1-3H3,(H2,20,22,23). The lowest BCUT2D eigenvalue weighted by Gasteiger charge is -2.14. The van der Waals surface area contributed by atoms with Crippen molar-refractivity contribution in [3.63, 3.8) is 0 Å². The Morgan fingerprint density at radius 1 is 1.27 bits per heavy atom. The van der Waals surface area contributed by atoms with Crippen LogP contribution in [-0.2, 0) is 16.3 Å². The number of carbonyl (C=O) groups excluding carboxylic acids is 1. The molecule has 0 saturated heterocycles. The SMILES string of the molecule is CCN(C)C(=O)n1c(=O)n(Cc2ccc(Cl)cc2)c2nc(S(=N)(=O)CC)nc(N)c21. The van der Waals surface area contributed by atoms with Crippen molar-refractivity contribution < 1.29 is 9.00 Å². The van der Waals surface area contributed by atoms with E-state index in [-0.39, 0.29) is 34.4 Å². The summed E-state index contributed by atoms with van der Waals surface area (Å²) in [7, 11) is -1.74. The van der Waals surface area contributed by atoms with Gasteiger partial charge < -0.3 is 10.6 Å². The predicted molar refractivity (Wildman–Crippen MR) is 116 cm³/mol. The predicted octanol–water partition coefficient (Wildman–Crippen LogP) is 2.22. The number of benzene rings is 1. The van der Waals surface area contributed by atoms with Crippen LogP contribution in [0.2, 0.25) is 5.02 Å². The molecule has 0 saturated carbocycles. The van der Waals surface area contributed by atoms with Gasteiger partial charge >= 0.3 is 11.7 Å². The number of aromatic nitrogens is 4. The number of halogens is 1. The van der Waals surface area contributed by atoms with Gasteiger partial charge in [0.2, 0.25) is 5.16 Å². The number of nitrogens with two attached hydrogens (primary N) is 1. The molecule has 0 aliphatic rings. The summed E-state index contributed by atoms with van der Waals surface area (Å²) in [5, 5.41) is 0.271. The summed E-state index contributed by atoms with van der Waals surface area (Å²) in [5.74, 6) is -0.203. The molecule has 1 aromatic carbocycles. The molecule has 160 valence electrons. The van der Waals surface area contributed by atoms with Gasteiger partial charge in [-0.15, -0.1) is 0 Å². The maximum absolute atomic E-state index is 13.2. The lowest BCUT2D eigenvalue weighted by atomic mass is 10.2. The normalized spacial score (nSPS) is 13.3. The van der Waals surface area contributed by atoms with Crippen LogP contribution in [0.25, 0.3) is 11.2 Å². The first-order valence-electron chi connectivity index (χ1n) is 9.15. The molecular formula is C18H22ClN7O3S. The van der Waals surface area contributed by atoms with Crippen LogP contribution in [0.15, 0.2) is 34.2 Å². The smallest absolute Gasteiger partial charge is 0.339 e. The Kier molecular flexibility index (Phi) is 5.86. The molecular weight excluding hydrogens is 430 g/mol. The van der Waals surface area contributed by atoms with Gasteiger partial charge in [-0.3, -0.25) is 4.57 Å². The van der Waals surface area contributed by atoms with Crippen LogP contribution in [0.1, 0.15) is 19.4 Å². The van der Waals surface area contributed by atoms with Gasteiger partial charge in [-0.1, -0.05) is 30.7 Å². The van der Waals surface area contributed by atoms with Crippen LogP contribution in [0.3, 0.4) is 0 Å². The summed E-state index contributed by atoms with van der Waals surface area (Å²) in [5.41, 5.74) is 6.21. The second-order valence-electron chi connectivity index (χ2n) is 6.65. The molecule has 3 rings (SSSR count). The maximum atomic E-state index is 13.2. The molecule has 3 aromatic rings. The Balaban J connectivity index is 2.34. The van der Waals surface area contributed by atoms with Crippen molar-refractivity contribution in [2.75, 3.05) is 25.1 Å². The van der Waals surface area contributed by atoms with E-state index < -0.39 is 21.4 Å². The largest absolute Gasteiger partial charge is 0.382 e. The van der Waals surface area contributed by atoms with E-state index >= 15 is 0 Å². The highest BCUT2D eigenvalue weighted by molar-refractivity contribution is 7.92. The van der Waals surface area contributed by atoms with Crippen molar-refractivity contribution in [1.82, 2.24) is 24.0 Å². The van der Waals surface area contributed by atoms with Crippen LogP contribution < -0.4 is 11.4 Å². The molecule has 1 unspecified atom stereocenters. The fraction of sp³-hybridized carbons (Fsp3) is 0.333. The number of imidazole rings is 1. The fourth-order valence-corrected chi connectivity index (χ4v) is 3.69. The van der Waals surface area contributed by atoms with Crippen molar-refractivity contribution in [3.8, 4) is 0 Å². The van der Waals surface area contributed by atoms with Gasteiger partial charge in [-0.25, -0.2) is 28.1 Å². The van der Waals surface area contributed by atoms with E-state index in [2.05, 4.69) is 9.97 Å². The summed E-state index contributed by atoms with van der Waals surface area (Å²) in [6.07, 6.45) is 0. The fourth-order valence-electron chi connectivity index (χ4n) is 2.82. The molecule has 0 radical (unpaired) electrons. The van der Waals surface area contributed by atoms with Gasteiger partial charge in [0, 0.05) is 24.4 Å². The Labute approximate surface area is 178 Å². The van der Waals surface area contributed by atoms with Crippen LogP contribution in [0, 0.1) is 4.78 Å². The van der Waals surface area contributed by atoms with Gasteiger partial charge in [-0.2, -0.15) is 4.98 Å². The van der Waals surface area contributed by atoms with Crippen LogP contribution in [-0.4, -0.2) is 53.6 Å². The molecule has 0 fully saturated rings. The van der Waals surface area contributed by atoms with E-state index in [1.54, 1.807) is 45.2 Å². The Bertz CT molecular complexity index is 1280. The zero-order chi connectivity index (χ0) is 22.2. The molecule has 1 atom stereocenters. The van der Waals surface area contributed by atoms with E-state index in [0.29, 0.717) is 11.6 Å². The topological polar surface area (TPSA) is 140 Å². The number of hydrogen-bond donors (Lipinski definition) is 2. The van der Waals surface area contributed by atoms with Crippen molar-refractivity contribution >= 4 is 44.3 Å². The number of anilines is 1. The minimum atomic E-state index is -3.29. The van der Waals surface area contributed by atoms with Crippen molar-refractivity contribution in [2.45, 2.75) is 25.5 Å². The van der Waals surface area contributed by atoms with E-state index in [0.717, 1.165) is 10.1 Å². The average molecular weight is 452 g/mol. The molecule has 3 N–H and O–H groups in total. The zero-order valence-electron chi connectivity index (χ0n) is 16.8. The van der Waals surface area contributed by atoms with Crippen molar-refractivity contribution in [2.24, 2.45) is 0 Å². The lowest BCUT2D eigenvalue weighted by Crippen LogP contribution is -2.38. The van der Waals surface area contributed by atoms with E-state index in [9.17, 15) is 13.8 Å². The first kappa shape index (κ1) is 21.8. The molecule has 2 aromatic heterocycles. The highest BCUT2D eigenvalue weighted by Crippen LogP contribution is 2.22. The van der Waals surface area contributed by atoms with Crippen LogP contribution >= 0.6 is 11.6 Å². The Morgan fingerprint density at radius 2 is 1.90 bits per heavy atom. The number of nitrogen functional groups attached to an aromatic ring is 1. The molecule has 0 spiro atoms. The summed E-state index contributed by atoms with van der Waals surface area (Å²) >= 11 is 5.93. The maximum Gasteiger partial charge on any atom is 0.339 e. The number of carbonyl (C=O) groups is 1. The minimum absolute atomic E-state index is 0.0163. The quantitative estimate of drug-likeness (QED) is 0.570. The molecule has 30 heavy (non-hydrogen) atoms. The molecule has 0 aliphatic heterocycles. The zero-order valence-corrected chi connectivity index (χ0v) is 18.3. The second kappa shape index (κ2) is 8.07. The van der Waals surface area contributed by atoms with Crippen LogP contribution in [0.5, 0.6) is 0 Å². The van der Waals surface area contributed by atoms with Crippen LogP contribution in [0.4, 0.5) is 10.6 Å². The third kappa shape index (κ3) is 3.77. The van der Waals surface area contributed by atoms with Gasteiger partial charge in [0.25, 0.3) is 0 Å². The van der Waals surface area contributed by atoms with Gasteiger partial charge in [0.1, 0.15) is 15.2 Å². The average Bonchev–Trinajstić information content (AvgIpc) is 3.00. The Hall–Kier alpha value is -2.92. The first-order chi connectivity index (χ1) is 14.1. The van der Waals surface area contributed by atoms with E-state index in [1.165, 1.54) is 9.47 Å².